The molecule has 0 atom stereocenters. The fourth-order valence-electron chi connectivity index (χ4n) is 1.24. The van der Waals surface area contributed by atoms with Crippen LogP contribution in [0.4, 0.5) is 0 Å². The summed E-state index contributed by atoms with van der Waals surface area (Å²) in [7, 11) is 0. The molecular formula is C12H17NO3. The molecule has 0 aliphatic heterocycles. The first-order chi connectivity index (χ1) is 7.65. The highest BCUT2D eigenvalue weighted by molar-refractivity contribution is 5.65. The Morgan fingerprint density at radius 2 is 2.25 bits per heavy atom. The Kier molecular flexibility index (Phi) is 4.76. The lowest BCUT2D eigenvalue weighted by Gasteiger charge is -2.11. The summed E-state index contributed by atoms with van der Waals surface area (Å²) in [4.78, 5) is 14.9. The Morgan fingerprint density at radius 3 is 2.88 bits per heavy atom. The number of nitrogens with zero attached hydrogens (tertiary/aromatic N) is 1. The van der Waals surface area contributed by atoms with Crippen molar-refractivity contribution in [2.45, 2.75) is 33.8 Å². The highest BCUT2D eigenvalue weighted by Crippen LogP contribution is 2.20. The molecule has 0 bridgehead atoms. The zero-order chi connectivity index (χ0) is 12.0. The third-order valence-corrected chi connectivity index (χ3v) is 2.13. The van der Waals surface area contributed by atoms with E-state index in [9.17, 15) is 4.79 Å². The molecule has 1 aromatic rings. The summed E-state index contributed by atoms with van der Waals surface area (Å²) >= 11 is 0. The van der Waals surface area contributed by atoms with Crippen LogP contribution in [0.3, 0.4) is 0 Å². The van der Waals surface area contributed by atoms with Crippen molar-refractivity contribution in [3.63, 3.8) is 0 Å². The summed E-state index contributed by atoms with van der Waals surface area (Å²) in [6, 6.07) is 1.82. The monoisotopic (exact) mass is 223 g/mol. The van der Waals surface area contributed by atoms with Crippen molar-refractivity contribution in [3.8, 4) is 5.75 Å². The van der Waals surface area contributed by atoms with Crippen molar-refractivity contribution in [2.75, 3.05) is 6.61 Å². The second-order valence-corrected chi connectivity index (χ2v) is 3.51. The van der Waals surface area contributed by atoms with Crippen molar-refractivity contribution in [3.05, 3.63) is 23.5 Å². The summed E-state index contributed by atoms with van der Waals surface area (Å²) in [5.41, 5.74) is 1.67. The number of ether oxygens (including phenoxy) is 2. The van der Waals surface area contributed by atoms with E-state index in [1.54, 1.807) is 6.20 Å². The van der Waals surface area contributed by atoms with Crippen LogP contribution in [0.25, 0.3) is 0 Å². The van der Waals surface area contributed by atoms with Crippen molar-refractivity contribution < 1.29 is 14.3 Å². The minimum absolute atomic E-state index is 0.199. The summed E-state index contributed by atoms with van der Waals surface area (Å²) in [5.74, 6) is 0.500. The van der Waals surface area contributed by atoms with Gasteiger partial charge in [-0.15, -0.1) is 0 Å². The van der Waals surface area contributed by atoms with Gasteiger partial charge in [-0.3, -0.25) is 9.78 Å². The largest absolute Gasteiger partial charge is 0.493 e. The maximum absolute atomic E-state index is 10.7. The molecule has 1 aromatic heterocycles. The molecule has 0 unspecified atom stereocenters. The lowest BCUT2D eigenvalue weighted by Crippen LogP contribution is -2.05. The van der Waals surface area contributed by atoms with E-state index in [1.807, 2.05) is 13.0 Å². The second-order valence-electron chi connectivity index (χ2n) is 3.51. The van der Waals surface area contributed by atoms with Crippen LogP contribution in [0.5, 0.6) is 5.75 Å². The molecule has 0 aliphatic carbocycles. The number of pyridine rings is 1. The number of carbonyl (C=O) groups is 1. The molecule has 0 aliphatic rings. The minimum atomic E-state index is -0.305. The zero-order valence-electron chi connectivity index (χ0n) is 9.95. The average molecular weight is 223 g/mol. The minimum Gasteiger partial charge on any atom is -0.493 e. The van der Waals surface area contributed by atoms with Gasteiger partial charge in [-0.2, -0.15) is 0 Å². The molecule has 1 heterocycles. The van der Waals surface area contributed by atoms with Crippen LogP contribution < -0.4 is 4.74 Å². The molecule has 4 heteroatoms. The zero-order valence-corrected chi connectivity index (χ0v) is 9.95. The highest BCUT2D eigenvalue weighted by atomic mass is 16.5. The third kappa shape index (κ3) is 3.53. The third-order valence-electron chi connectivity index (χ3n) is 2.13. The first-order valence-electron chi connectivity index (χ1n) is 5.35. The van der Waals surface area contributed by atoms with Gasteiger partial charge in [0.1, 0.15) is 12.4 Å². The van der Waals surface area contributed by atoms with E-state index in [0.29, 0.717) is 6.61 Å². The highest BCUT2D eigenvalue weighted by Gasteiger charge is 2.07. The van der Waals surface area contributed by atoms with Crippen LogP contribution in [0.2, 0.25) is 0 Å². The Morgan fingerprint density at radius 1 is 1.50 bits per heavy atom. The Labute approximate surface area is 95.6 Å². The maximum atomic E-state index is 10.7. The Hall–Kier alpha value is -1.58. The van der Waals surface area contributed by atoms with Crippen LogP contribution in [-0.4, -0.2) is 17.6 Å². The van der Waals surface area contributed by atoms with Crippen molar-refractivity contribution >= 4 is 5.97 Å². The molecule has 88 valence electrons. The van der Waals surface area contributed by atoms with Crippen molar-refractivity contribution in [1.82, 2.24) is 4.98 Å². The number of aromatic nitrogens is 1. The lowest BCUT2D eigenvalue weighted by molar-refractivity contribution is -0.142. The van der Waals surface area contributed by atoms with Crippen LogP contribution in [0, 0.1) is 6.92 Å². The molecule has 0 aromatic carbocycles. The molecule has 0 saturated heterocycles. The van der Waals surface area contributed by atoms with Gasteiger partial charge >= 0.3 is 5.97 Å². The quantitative estimate of drug-likeness (QED) is 0.718. The van der Waals surface area contributed by atoms with E-state index < -0.39 is 0 Å². The van der Waals surface area contributed by atoms with Gasteiger partial charge in [0.25, 0.3) is 0 Å². The first-order valence-corrected chi connectivity index (χ1v) is 5.35. The van der Waals surface area contributed by atoms with E-state index in [2.05, 4.69) is 11.9 Å². The number of rotatable bonds is 5. The molecule has 1 rings (SSSR count). The van der Waals surface area contributed by atoms with Crippen LogP contribution in [0.1, 0.15) is 31.5 Å². The summed E-state index contributed by atoms with van der Waals surface area (Å²) in [5, 5.41) is 0. The standard InChI is InChI=1S/C12H17NO3/c1-4-7-15-12-5-6-13-11(9(12)2)8-16-10(3)14/h5-6H,4,7-8H2,1-3H3. The Balaban J connectivity index is 2.73. The SMILES string of the molecule is CCCOc1ccnc(COC(C)=O)c1C. The van der Waals surface area contributed by atoms with Crippen molar-refractivity contribution in [1.29, 1.82) is 0 Å². The molecule has 4 nitrogen and oxygen atoms in total. The van der Waals surface area contributed by atoms with E-state index in [-0.39, 0.29) is 12.6 Å². The van der Waals surface area contributed by atoms with E-state index in [0.717, 1.165) is 23.4 Å². The van der Waals surface area contributed by atoms with Gasteiger partial charge in [0.05, 0.1) is 12.3 Å². The van der Waals surface area contributed by atoms with Gasteiger partial charge < -0.3 is 9.47 Å². The van der Waals surface area contributed by atoms with Gasteiger partial charge in [-0.1, -0.05) is 6.92 Å². The van der Waals surface area contributed by atoms with Crippen LogP contribution >= 0.6 is 0 Å². The topological polar surface area (TPSA) is 48.4 Å². The molecule has 0 N–H and O–H groups in total. The fraction of sp³-hybridized carbons (Fsp3) is 0.500. The molecule has 0 amide bonds. The van der Waals surface area contributed by atoms with E-state index in [4.69, 9.17) is 9.47 Å². The molecule has 16 heavy (non-hydrogen) atoms. The van der Waals surface area contributed by atoms with Gasteiger partial charge in [-0.25, -0.2) is 0 Å². The molecular weight excluding hydrogens is 206 g/mol. The predicted octanol–water partition coefficient (Wildman–Crippen LogP) is 2.24. The lowest BCUT2D eigenvalue weighted by atomic mass is 10.2. The summed E-state index contributed by atoms with van der Waals surface area (Å²) < 4.78 is 10.5. The number of hydrogen-bond acceptors (Lipinski definition) is 4. The fourth-order valence-corrected chi connectivity index (χ4v) is 1.24. The predicted molar refractivity (Wildman–Crippen MR) is 60.2 cm³/mol. The number of esters is 1. The smallest absolute Gasteiger partial charge is 0.303 e. The van der Waals surface area contributed by atoms with Crippen LogP contribution in [0.15, 0.2) is 12.3 Å². The average Bonchev–Trinajstić information content (AvgIpc) is 2.26. The number of carbonyl (C=O) groups excluding carboxylic acids is 1. The van der Waals surface area contributed by atoms with E-state index in [1.165, 1.54) is 6.92 Å². The summed E-state index contributed by atoms with van der Waals surface area (Å²) in [6.07, 6.45) is 2.62. The molecule has 0 saturated carbocycles. The van der Waals surface area contributed by atoms with Crippen molar-refractivity contribution in [2.24, 2.45) is 0 Å². The van der Waals surface area contributed by atoms with Crippen LogP contribution in [-0.2, 0) is 16.1 Å². The maximum Gasteiger partial charge on any atom is 0.303 e. The summed E-state index contributed by atoms with van der Waals surface area (Å²) in [6.45, 7) is 6.22. The Bertz CT molecular complexity index is 363. The second kappa shape index (κ2) is 6.10. The van der Waals surface area contributed by atoms with Gasteiger partial charge in [0.2, 0.25) is 0 Å². The van der Waals surface area contributed by atoms with Gasteiger partial charge in [-0.05, 0) is 19.4 Å². The van der Waals surface area contributed by atoms with Gasteiger partial charge in [0.15, 0.2) is 0 Å². The van der Waals surface area contributed by atoms with E-state index >= 15 is 0 Å². The normalized spacial score (nSPS) is 9.94. The number of hydrogen-bond donors (Lipinski definition) is 0. The molecule has 0 spiro atoms. The first kappa shape index (κ1) is 12.5. The molecule has 0 fully saturated rings. The van der Waals surface area contributed by atoms with Gasteiger partial charge in [0, 0.05) is 18.7 Å². The molecule has 0 radical (unpaired) electrons.